The Bertz CT molecular complexity index is 325. The lowest BCUT2D eigenvalue weighted by atomic mass is 10.1. The molecular formula is C10H8O3. The molecule has 0 heterocycles. The van der Waals surface area contributed by atoms with Crippen LogP contribution in [0.3, 0.4) is 0 Å². The minimum absolute atomic E-state index is 0.394. The number of benzene rings is 1. The molecule has 0 spiro atoms. The van der Waals surface area contributed by atoms with Crippen LogP contribution in [0.5, 0.6) is 0 Å². The molecule has 0 saturated carbocycles. The topological polar surface area (TPSA) is 43.4 Å². The number of hydrogen-bond acceptors (Lipinski definition) is 3. The molecule has 0 atom stereocenters. The van der Waals surface area contributed by atoms with Crippen molar-refractivity contribution >= 4 is 12.3 Å². The van der Waals surface area contributed by atoms with Gasteiger partial charge in [-0.2, -0.15) is 0 Å². The molecule has 0 aliphatic rings. The molecule has 0 saturated heterocycles. The van der Waals surface area contributed by atoms with Gasteiger partial charge in [-0.3, -0.25) is 4.79 Å². The summed E-state index contributed by atoms with van der Waals surface area (Å²) in [6, 6.07) is 6.14. The van der Waals surface area contributed by atoms with Gasteiger partial charge in [0.2, 0.25) is 0 Å². The predicted molar refractivity (Wildman–Crippen MR) is 47.4 cm³/mol. The lowest BCUT2D eigenvalue weighted by Crippen LogP contribution is -1.99. The van der Waals surface area contributed by atoms with Crippen LogP contribution in [-0.4, -0.2) is 12.3 Å². The molecule has 0 aliphatic carbocycles. The first kappa shape index (κ1) is 9.19. The first-order chi connectivity index (χ1) is 6.27. The Morgan fingerprint density at radius 2 is 1.92 bits per heavy atom. The molecule has 3 heteroatoms. The lowest BCUT2D eigenvalue weighted by Gasteiger charge is -1.97. The molecule has 1 rings (SSSR count). The Balaban J connectivity index is 2.85. The van der Waals surface area contributed by atoms with Gasteiger partial charge in [0.15, 0.2) is 0 Å². The van der Waals surface area contributed by atoms with E-state index in [1.807, 2.05) is 0 Å². The second-order valence-electron chi connectivity index (χ2n) is 2.31. The average molecular weight is 176 g/mol. The van der Waals surface area contributed by atoms with Gasteiger partial charge in [0, 0.05) is 5.56 Å². The molecule has 0 fully saturated rings. The van der Waals surface area contributed by atoms with Gasteiger partial charge in [0.25, 0.3) is 0 Å². The normalized spacial score (nSPS) is 8.92. The van der Waals surface area contributed by atoms with E-state index in [0.717, 1.165) is 6.26 Å². The Morgan fingerprint density at radius 1 is 1.31 bits per heavy atom. The van der Waals surface area contributed by atoms with Crippen molar-refractivity contribution in [3.63, 3.8) is 0 Å². The maximum atomic E-state index is 11.1. The molecule has 66 valence electrons. The number of aldehydes is 1. The smallest absolute Gasteiger partial charge is 0.342 e. The molecule has 0 bridgehead atoms. The molecule has 1 aromatic rings. The van der Waals surface area contributed by atoms with E-state index in [0.29, 0.717) is 17.4 Å². The Hall–Kier alpha value is -1.90. The number of carbonyl (C=O) groups excluding carboxylic acids is 2. The number of carbonyl (C=O) groups is 2. The van der Waals surface area contributed by atoms with Gasteiger partial charge in [-0.05, 0) is 12.1 Å². The van der Waals surface area contributed by atoms with Gasteiger partial charge in [-0.25, -0.2) is 4.79 Å². The van der Waals surface area contributed by atoms with E-state index in [1.54, 1.807) is 12.1 Å². The van der Waals surface area contributed by atoms with Crippen molar-refractivity contribution in [2.24, 2.45) is 0 Å². The summed E-state index contributed by atoms with van der Waals surface area (Å²) in [7, 11) is 0. The van der Waals surface area contributed by atoms with Crippen molar-refractivity contribution in [2.75, 3.05) is 0 Å². The third-order valence-electron chi connectivity index (χ3n) is 1.47. The fourth-order valence-corrected chi connectivity index (χ4v) is 0.841. The van der Waals surface area contributed by atoms with Crippen LogP contribution in [0.25, 0.3) is 0 Å². The summed E-state index contributed by atoms with van der Waals surface area (Å²) in [5, 5.41) is 0. The van der Waals surface area contributed by atoms with Gasteiger partial charge in [-0.15, -0.1) is 0 Å². The Morgan fingerprint density at radius 3 is 2.38 bits per heavy atom. The molecule has 0 aliphatic heterocycles. The fraction of sp³-hybridized carbons (Fsp3) is 0. The van der Waals surface area contributed by atoms with E-state index < -0.39 is 5.97 Å². The van der Waals surface area contributed by atoms with Crippen molar-refractivity contribution in [1.29, 1.82) is 0 Å². The SMILES string of the molecule is C=COC(=O)c1ccc(C=O)cc1. The van der Waals surface area contributed by atoms with Crippen molar-refractivity contribution in [3.8, 4) is 0 Å². The van der Waals surface area contributed by atoms with Gasteiger partial charge in [-0.1, -0.05) is 18.7 Å². The summed E-state index contributed by atoms with van der Waals surface area (Å²) in [4.78, 5) is 21.3. The van der Waals surface area contributed by atoms with Crippen LogP contribution in [0.4, 0.5) is 0 Å². The zero-order chi connectivity index (χ0) is 9.68. The maximum Gasteiger partial charge on any atom is 0.342 e. The van der Waals surface area contributed by atoms with Crippen molar-refractivity contribution in [2.45, 2.75) is 0 Å². The summed E-state index contributed by atoms with van der Waals surface area (Å²) in [5.74, 6) is -0.479. The van der Waals surface area contributed by atoms with Crippen LogP contribution in [0.15, 0.2) is 37.1 Å². The van der Waals surface area contributed by atoms with Crippen LogP contribution in [-0.2, 0) is 4.74 Å². The molecule has 1 aromatic carbocycles. The zero-order valence-corrected chi connectivity index (χ0v) is 6.90. The third-order valence-corrected chi connectivity index (χ3v) is 1.47. The van der Waals surface area contributed by atoms with Crippen LogP contribution >= 0.6 is 0 Å². The van der Waals surface area contributed by atoms with Crippen molar-refractivity contribution in [1.82, 2.24) is 0 Å². The highest BCUT2D eigenvalue weighted by atomic mass is 16.5. The standard InChI is InChI=1S/C10H8O3/c1-2-13-10(12)9-5-3-8(7-11)4-6-9/h2-7H,1H2. The van der Waals surface area contributed by atoms with E-state index in [4.69, 9.17) is 0 Å². The van der Waals surface area contributed by atoms with Crippen LogP contribution in [0, 0.1) is 0 Å². The molecular weight excluding hydrogens is 168 g/mol. The largest absolute Gasteiger partial charge is 0.432 e. The molecule has 0 radical (unpaired) electrons. The summed E-state index contributed by atoms with van der Waals surface area (Å²) in [6.07, 6.45) is 1.78. The first-order valence-electron chi connectivity index (χ1n) is 3.65. The highest BCUT2D eigenvalue weighted by Gasteiger charge is 2.03. The number of hydrogen-bond donors (Lipinski definition) is 0. The van der Waals surface area contributed by atoms with Crippen LogP contribution in [0.1, 0.15) is 20.7 Å². The molecule has 3 nitrogen and oxygen atoms in total. The lowest BCUT2D eigenvalue weighted by molar-refractivity contribution is 0.0664. The maximum absolute atomic E-state index is 11.1. The van der Waals surface area contributed by atoms with E-state index >= 15 is 0 Å². The molecule has 0 unspecified atom stereocenters. The Labute approximate surface area is 75.6 Å². The molecule has 0 aromatic heterocycles. The van der Waals surface area contributed by atoms with Gasteiger partial charge < -0.3 is 4.74 Å². The molecule has 13 heavy (non-hydrogen) atoms. The summed E-state index contributed by atoms with van der Waals surface area (Å²) in [5.41, 5.74) is 0.917. The summed E-state index contributed by atoms with van der Waals surface area (Å²) >= 11 is 0. The summed E-state index contributed by atoms with van der Waals surface area (Å²) in [6.45, 7) is 3.26. The molecule has 0 N–H and O–H groups in total. The van der Waals surface area contributed by atoms with Gasteiger partial charge in [0.05, 0.1) is 11.8 Å². The molecule has 0 amide bonds. The van der Waals surface area contributed by atoms with Crippen molar-refractivity contribution in [3.05, 3.63) is 48.2 Å². The minimum Gasteiger partial charge on any atom is -0.432 e. The predicted octanol–water partition coefficient (Wildman–Crippen LogP) is 1.80. The quantitative estimate of drug-likeness (QED) is 0.400. The number of rotatable bonds is 3. The van der Waals surface area contributed by atoms with Gasteiger partial charge in [0.1, 0.15) is 6.29 Å². The van der Waals surface area contributed by atoms with E-state index in [9.17, 15) is 9.59 Å². The van der Waals surface area contributed by atoms with E-state index in [-0.39, 0.29) is 0 Å². The third kappa shape index (κ3) is 2.27. The van der Waals surface area contributed by atoms with Crippen LogP contribution < -0.4 is 0 Å². The monoisotopic (exact) mass is 176 g/mol. The van der Waals surface area contributed by atoms with Crippen molar-refractivity contribution < 1.29 is 14.3 Å². The fourth-order valence-electron chi connectivity index (χ4n) is 0.841. The number of ether oxygens (including phenoxy) is 1. The minimum atomic E-state index is -0.479. The Kier molecular flexibility index (Phi) is 2.97. The van der Waals surface area contributed by atoms with Gasteiger partial charge >= 0.3 is 5.97 Å². The second kappa shape index (κ2) is 4.21. The highest BCUT2D eigenvalue weighted by Crippen LogP contribution is 2.04. The zero-order valence-electron chi connectivity index (χ0n) is 6.90. The average Bonchev–Trinajstić information content (AvgIpc) is 2.18. The van der Waals surface area contributed by atoms with E-state index in [2.05, 4.69) is 11.3 Å². The highest BCUT2D eigenvalue weighted by molar-refractivity contribution is 5.90. The van der Waals surface area contributed by atoms with E-state index in [1.165, 1.54) is 12.1 Å². The van der Waals surface area contributed by atoms with Crippen LogP contribution in [0.2, 0.25) is 0 Å². The number of esters is 1. The summed E-state index contributed by atoms with van der Waals surface area (Å²) < 4.78 is 4.54. The second-order valence-corrected chi connectivity index (χ2v) is 2.31. The first-order valence-corrected chi connectivity index (χ1v) is 3.65.